The molecular weight excluding hydrogens is 468 g/mol. The normalized spacial score (nSPS) is 19.3. The standard InChI is InChI=1S/C23H26F4N6O2/c1-31(8-14-2-4-16(5-3-14)23(25,26)27)21-20-17(24)10-33(22(20)30-13-29-21)9-15-6-7-32(11-18(15)34)12-19(28)35/h2-5,10,13,15,18,34H,6-9,11-12H2,1H3,(H2,28,35)/t15-,18+/m1/s1. The number of nitrogens with zero attached hydrogens (tertiary/aromatic N) is 5. The van der Waals surface area contributed by atoms with E-state index in [1.165, 1.54) is 24.7 Å². The van der Waals surface area contributed by atoms with E-state index in [-0.39, 0.29) is 24.4 Å². The van der Waals surface area contributed by atoms with Gasteiger partial charge in [-0.25, -0.2) is 14.4 Å². The second-order valence-corrected chi connectivity index (χ2v) is 8.89. The predicted molar refractivity (Wildman–Crippen MR) is 121 cm³/mol. The first kappa shape index (κ1) is 24.9. The van der Waals surface area contributed by atoms with Crippen LogP contribution in [0.15, 0.2) is 36.8 Å². The second-order valence-electron chi connectivity index (χ2n) is 8.89. The first-order valence-electron chi connectivity index (χ1n) is 11.1. The lowest BCUT2D eigenvalue weighted by molar-refractivity contribution is -0.137. The van der Waals surface area contributed by atoms with E-state index in [0.717, 1.165) is 12.1 Å². The number of primary amides is 1. The van der Waals surface area contributed by atoms with Crippen molar-refractivity contribution >= 4 is 22.8 Å². The molecule has 1 fully saturated rings. The molecule has 0 unspecified atom stereocenters. The molecule has 3 N–H and O–H groups in total. The van der Waals surface area contributed by atoms with E-state index < -0.39 is 29.6 Å². The molecule has 0 spiro atoms. The van der Waals surface area contributed by atoms with Gasteiger partial charge in [-0.2, -0.15) is 13.2 Å². The van der Waals surface area contributed by atoms with E-state index in [2.05, 4.69) is 9.97 Å². The van der Waals surface area contributed by atoms with Gasteiger partial charge in [0.1, 0.15) is 17.8 Å². The Labute approximate surface area is 199 Å². The van der Waals surface area contributed by atoms with Gasteiger partial charge in [0.2, 0.25) is 5.91 Å². The average molecular weight is 494 g/mol. The van der Waals surface area contributed by atoms with Crippen molar-refractivity contribution in [1.82, 2.24) is 19.4 Å². The SMILES string of the molecule is CN(Cc1ccc(C(F)(F)F)cc1)c1ncnc2c1c(F)cn2C[C@H]1CCN(CC(N)=O)C[C@@H]1O. The van der Waals surface area contributed by atoms with Crippen LogP contribution in [0.2, 0.25) is 0 Å². The van der Waals surface area contributed by atoms with E-state index in [9.17, 15) is 23.1 Å². The highest BCUT2D eigenvalue weighted by Gasteiger charge is 2.31. The summed E-state index contributed by atoms with van der Waals surface area (Å²) in [4.78, 5) is 23.0. The highest BCUT2D eigenvalue weighted by molar-refractivity contribution is 5.88. The van der Waals surface area contributed by atoms with Crippen LogP contribution in [0.1, 0.15) is 17.5 Å². The van der Waals surface area contributed by atoms with Crippen molar-refractivity contribution in [3.8, 4) is 0 Å². The number of rotatable bonds is 7. The Kier molecular flexibility index (Phi) is 6.95. The Bertz CT molecular complexity index is 1200. The van der Waals surface area contributed by atoms with Crippen LogP contribution in [-0.4, -0.2) is 63.2 Å². The Balaban J connectivity index is 1.52. The van der Waals surface area contributed by atoms with Crippen molar-refractivity contribution < 1.29 is 27.5 Å². The number of likely N-dealkylation sites (tertiary alicyclic amines) is 1. The second kappa shape index (κ2) is 9.78. The van der Waals surface area contributed by atoms with Crippen molar-refractivity contribution in [2.75, 3.05) is 31.6 Å². The van der Waals surface area contributed by atoms with E-state index in [1.807, 2.05) is 0 Å². The lowest BCUT2D eigenvalue weighted by Gasteiger charge is -2.35. The number of aromatic nitrogens is 3. The van der Waals surface area contributed by atoms with Gasteiger partial charge in [-0.05, 0) is 30.7 Å². The van der Waals surface area contributed by atoms with Crippen LogP contribution in [0.5, 0.6) is 0 Å². The Morgan fingerprint density at radius 2 is 1.97 bits per heavy atom. The molecule has 1 saturated heterocycles. The number of amides is 1. The first-order valence-corrected chi connectivity index (χ1v) is 11.1. The van der Waals surface area contributed by atoms with Crippen LogP contribution in [0.4, 0.5) is 23.4 Å². The number of fused-ring (bicyclic) bond motifs is 1. The lowest BCUT2D eigenvalue weighted by Crippen LogP contribution is -2.47. The van der Waals surface area contributed by atoms with Crippen molar-refractivity contribution in [3.63, 3.8) is 0 Å². The molecule has 0 saturated carbocycles. The fraction of sp³-hybridized carbons (Fsp3) is 0.435. The zero-order chi connectivity index (χ0) is 25.3. The highest BCUT2D eigenvalue weighted by Crippen LogP contribution is 2.31. The maximum atomic E-state index is 15.0. The molecule has 1 amide bonds. The summed E-state index contributed by atoms with van der Waals surface area (Å²) in [6.07, 6.45) is -1.91. The molecule has 2 atom stereocenters. The predicted octanol–water partition coefficient (Wildman–Crippen LogP) is 2.39. The number of alkyl halides is 3. The number of hydrogen-bond acceptors (Lipinski definition) is 6. The third kappa shape index (κ3) is 5.54. The minimum Gasteiger partial charge on any atom is -0.391 e. The van der Waals surface area contributed by atoms with Crippen LogP contribution < -0.4 is 10.6 Å². The first-order chi connectivity index (χ1) is 16.5. The summed E-state index contributed by atoms with van der Waals surface area (Å²) in [6, 6.07) is 4.78. The Morgan fingerprint density at radius 1 is 1.26 bits per heavy atom. The molecule has 1 aromatic carbocycles. The summed E-state index contributed by atoms with van der Waals surface area (Å²) in [6.45, 7) is 1.50. The molecule has 2 aromatic heterocycles. The van der Waals surface area contributed by atoms with E-state index >= 15 is 4.39 Å². The van der Waals surface area contributed by atoms with Gasteiger partial charge < -0.3 is 20.3 Å². The molecule has 12 heteroatoms. The molecule has 3 heterocycles. The number of nitrogens with two attached hydrogens (primary N) is 1. The number of aliphatic hydroxyl groups is 1. The van der Waals surface area contributed by atoms with Crippen molar-refractivity contribution in [3.05, 3.63) is 53.7 Å². The van der Waals surface area contributed by atoms with Crippen molar-refractivity contribution in [1.29, 1.82) is 0 Å². The fourth-order valence-electron chi connectivity index (χ4n) is 4.51. The summed E-state index contributed by atoms with van der Waals surface area (Å²) in [7, 11) is 1.68. The lowest BCUT2D eigenvalue weighted by atomic mass is 9.93. The van der Waals surface area contributed by atoms with E-state index in [0.29, 0.717) is 43.1 Å². The van der Waals surface area contributed by atoms with Crippen LogP contribution in [-0.2, 0) is 24.1 Å². The van der Waals surface area contributed by atoms with Gasteiger partial charge in [0.05, 0.1) is 23.6 Å². The molecule has 0 bridgehead atoms. The number of aliphatic hydroxyl groups excluding tert-OH is 1. The number of anilines is 1. The van der Waals surface area contributed by atoms with Crippen LogP contribution in [0, 0.1) is 11.7 Å². The minimum absolute atomic E-state index is 0.0761. The van der Waals surface area contributed by atoms with Crippen molar-refractivity contribution in [2.24, 2.45) is 11.7 Å². The summed E-state index contributed by atoms with van der Waals surface area (Å²) >= 11 is 0. The number of benzene rings is 1. The largest absolute Gasteiger partial charge is 0.416 e. The van der Waals surface area contributed by atoms with Crippen LogP contribution in [0.3, 0.4) is 0 Å². The average Bonchev–Trinajstić information content (AvgIpc) is 3.10. The van der Waals surface area contributed by atoms with Gasteiger partial charge in [0, 0.05) is 38.8 Å². The fourth-order valence-corrected chi connectivity index (χ4v) is 4.51. The minimum atomic E-state index is -4.42. The van der Waals surface area contributed by atoms with Gasteiger partial charge in [-0.15, -0.1) is 0 Å². The van der Waals surface area contributed by atoms with Gasteiger partial charge in [-0.3, -0.25) is 9.69 Å². The van der Waals surface area contributed by atoms with Gasteiger partial charge in [0.15, 0.2) is 5.82 Å². The molecule has 1 aliphatic rings. The van der Waals surface area contributed by atoms with E-state index in [1.54, 1.807) is 21.4 Å². The van der Waals surface area contributed by atoms with Gasteiger partial charge in [0.25, 0.3) is 0 Å². The molecule has 3 aromatic rings. The molecule has 188 valence electrons. The Hall–Kier alpha value is -3.25. The number of piperidine rings is 1. The summed E-state index contributed by atoms with van der Waals surface area (Å²) in [5.74, 6) is -0.852. The van der Waals surface area contributed by atoms with Gasteiger partial charge in [-0.1, -0.05) is 12.1 Å². The van der Waals surface area contributed by atoms with Crippen LogP contribution in [0.25, 0.3) is 11.0 Å². The number of β-amino-alcohol motifs (C(OH)–C–C–N with tert-alkyl or cyclic N) is 1. The Morgan fingerprint density at radius 3 is 2.60 bits per heavy atom. The maximum absolute atomic E-state index is 15.0. The molecule has 0 aliphatic carbocycles. The topological polar surface area (TPSA) is 101 Å². The zero-order valence-electron chi connectivity index (χ0n) is 19.0. The van der Waals surface area contributed by atoms with E-state index in [4.69, 9.17) is 5.73 Å². The quantitative estimate of drug-likeness (QED) is 0.490. The number of hydrogen-bond donors (Lipinski definition) is 2. The van der Waals surface area contributed by atoms with Crippen molar-refractivity contribution in [2.45, 2.75) is 31.8 Å². The third-order valence-electron chi connectivity index (χ3n) is 6.27. The monoisotopic (exact) mass is 494 g/mol. The number of carbonyl (C=O) groups is 1. The highest BCUT2D eigenvalue weighted by atomic mass is 19.4. The van der Waals surface area contributed by atoms with Gasteiger partial charge >= 0.3 is 6.18 Å². The number of carbonyl (C=O) groups excluding carboxylic acids is 1. The smallest absolute Gasteiger partial charge is 0.391 e. The summed E-state index contributed by atoms with van der Waals surface area (Å²) < 4.78 is 55.1. The molecule has 1 aliphatic heterocycles. The molecule has 35 heavy (non-hydrogen) atoms. The third-order valence-corrected chi connectivity index (χ3v) is 6.27. The zero-order valence-corrected chi connectivity index (χ0v) is 19.0. The molecule has 8 nitrogen and oxygen atoms in total. The summed E-state index contributed by atoms with van der Waals surface area (Å²) in [5, 5.41) is 10.8. The number of halogens is 4. The maximum Gasteiger partial charge on any atom is 0.416 e. The summed E-state index contributed by atoms with van der Waals surface area (Å²) in [5.41, 5.74) is 5.46. The van der Waals surface area contributed by atoms with Crippen LogP contribution >= 0.6 is 0 Å². The molecule has 4 rings (SSSR count). The molecule has 0 radical (unpaired) electrons. The molecular formula is C23H26F4N6O2.